The molecule has 1 aliphatic heterocycles. The molecule has 0 aromatic heterocycles. The highest BCUT2D eigenvalue weighted by Gasteiger charge is 2.15. The molecular formula is C18H34N2O2. The number of hydrogen-bond acceptors (Lipinski definition) is 3. The monoisotopic (exact) mass is 310 g/mol. The van der Waals surface area contributed by atoms with Crippen molar-refractivity contribution in [1.29, 1.82) is 0 Å². The second kappa shape index (κ2) is 11.5. The van der Waals surface area contributed by atoms with Gasteiger partial charge in [-0.25, -0.2) is 0 Å². The SMILES string of the molecule is CCCC(CCCCCCCC1CCCCC(N)=N1)C(=O)O. The van der Waals surface area contributed by atoms with Gasteiger partial charge in [-0.15, -0.1) is 0 Å². The van der Waals surface area contributed by atoms with E-state index in [2.05, 4.69) is 11.9 Å². The Morgan fingerprint density at radius 2 is 1.95 bits per heavy atom. The number of unbranched alkanes of at least 4 members (excludes halogenated alkanes) is 4. The number of aliphatic imine (C=N–C) groups is 1. The third-order valence-electron chi connectivity index (χ3n) is 4.64. The first kappa shape index (κ1) is 19.0. The number of amidine groups is 1. The summed E-state index contributed by atoms with van der Waals surface area (Å²) in [6.07, 6.45) is 14.3. The molecule has 0 aliphatic carbocycles. The molecule has 3 N–H and O–H groups in total. The van der Waals surface area contributed by atoms with Crippen LogP contribution < -0.4 is 5.73 Å². The Bertz CT molecular complexity index is 342. The third kappa shape index (κ3) is 8.40. The minimum atomic E-state index is -0.620. The van der Waals surface area contributed by atoms with Gasteiger partial charge in [-0.2, -0.15) is 0 Å². The van der Waals surface area contributed by atoms with Gasteiger partial charge in [0, 0.05) is 6.42 Å². The van der Waals surface area contributed by atoms with E-state index in [1.165, 1.54) is 38.5 Å². The quantitative estimate of drug-likeness (QED) is 0.551. The Hall–Kier alpha value is -1.06. The van der Waals surface area contributed by atoms with Crippen LogP contribution in [0.15, 0.2) is 4.99 Å². The molecule has 0 saturated carbocycles. The molecule has 1 rings (SSSR count). The fourth-order valence-electron chi connectivity index (χ4n) is 3.30. The molecule has 0 aromatic rings. The predicted molar refractivity (Wildman–Crippen MR) is 92.2 cm³/mol. The van der Waals surface area contributed by atoms with Gasteiger partial charge >= 0.3 is 5.97 Å². The topological polar surface area (TPSA) is 75.7 Å². The Balaban J connectivity index is 2.03. The molecule has 2 unspecified atom stereocenters. The first-order valence-corrected chi connectivity index (χ1v) is 9.18. The average Bonchev–Trinajstić information content (AvgIpc) is 2.69. The summed E-state index contributed by atoms with van der Waals surface area (Å²) in [5, 5.41) is 9.11. The van der Waals surface area contributed by atoms with Crippen molar-refractivity contribution in [3.05, 3.63) is 0 Å². The highest BCUT2D eigenvalue weighted by molar-refractivity contribution is 5.80. The van der Waals surface area contributed by atoms with E-state index in [1.54, 1.807) is 0 Å². The van der Waals surface area contributed by atoms with Crippen LogP contribution in [0.4, 0.5) is 0 Å². The molecule has 4 nitrogen and oxygen atoms in total. The number of hydrogen-bond donors (Lipinski definition) is 2. The zero-order chi connectivity index (χ0) is 16.2. The predicted octanol–water partition coefficient (Wildman–Crippen LogP) is 4.52. The van der Waals surface area contributed by atoms with Gasteiger partial charge in [-0.05, 0) is 32.1 Å². The molecule has 2 atom stereocenters. The maximum absolute atomic E-state index is 11.1. The summed E-state index contributed by atoms with van der Waals surface area (Å²) in [4.78, 5) is 15.7. The van der Waals surface area contributed by atoms with E-state index in [-0.39, 0.29) is 5.92 Å². The summed E-state index contributed by atoms with van der Waals surface area (Å²) in [6, 6.07) is 0.448. The van der Waals surface area contributed by atoms with Crippen molar-refractivity contribution in [3.63, 3.8) is 0 Å². The van der Waals surface area contributed by atoms with Gasteiger partial charge < -0.3 is 10.8 Å². The number of nitrogens with two attached hydrogens (primary N) is 1. The molecule has 22 heavy (non-hydrogen) atoms. The van der Waals surface area contributed by atoms with Crippen LogP contribution in [0.1, 0.15) is 90.4 Å². The molecule has 128 valence electrons. The van der Waals surface area contributed by atoms with Crippen LogP contribution >= 0.6 is 0 Å². The molecule has 0 aromatic carbocycles. The lowest BCUT2D eigenvalue weighted by molar-refractivity contribution is -0.142. The summed E-state index contributed by atoms with van der Waals surface area (Å²) in [7, 11) is 0. The fourth-order valence-corrected chi connectivity index (χ4v) is 3.30. The number of rotatable bonds is 11. The molecule has 1 heterocycles. The summed E-state index contributed by atoms with van der Waals surface area (Å²) in [6.45, 7) is 2.05. The minimum absolute atomic E-state index is 0.131. The highest BCUT2D eigenvalue weighted by Crippen LogP contribution is 2.20. The second-order valence-corrected chi connectivity index (χ2v) is 6.69. The zero-order valence-electron chi connectivity index (χ0n) is 14.2. The van der Waals surface area contributed by atoms with E-state index in [9.17, 15) is 4.79 Å². The molecule has 4 heteroatoms. The van der Waals surface area contributed by atoms with Crippen molar-refractivity contribution in [3.8, 4) is 0 Å². The van der Waals surface area contributed by atoms with Gasteiger partial charge in [0.2, 0.25) is 0 Å². The van der Waals surface area contributed by atoms with Crippen LogP contribution in [0.2, 0.25) is 0 Å². The molecule has 0 saturated heterocycles. The van der Waals surface area contributed by atoms with Crippen LogP contribution in [0.25, 0.3) is 0 Å². The van der Waals surface area contributed by atoms with Crippen molar-refractivity contribution >= 4 is 11.8 Å². The third-order valence-corrected chi connectivity index (χ3v) is 4.64. The summed E-state index contributed by atoms with van der Waals surface area (Å²) < 4.78 is 0. The standard InChI is InChI=1S/C18H34N2O2/c1-2-10-15(18(21)22)11-6-4-3-5-7-12-16-13-8-9-14-17(19)20-16/h15-16H,2-14H2,1H3,(H2,19,20)(H,21,22). The van der Waals surface area contributed by atoms with Crippen LogP contribution in [-0.4, -0.2) is 23.0 Å². The van der Waals surface area contributed by atoms with Crippen LogP contribution in [0.5, 0.6) is 0 Å². The lowest BCUT2D eigenvalue weighted by Gasteiger charge is -2.11. The van der Waals surface area contributed by atoms with Crippen LogP contribution in [0.3, 0.4) is 0 Å². The maximum Gasteiger partial charge on any atom is 0.306 e. The molecule has 0 spiro atoms. The number of carbonyl (C=O) groups is 1. The van der Waals surface area contributed by atoms with Gasteiger partial charge in [0.1, 0.15) is 0 Å². The Labute approximate surface area is 135 Å². The van der Waals surface area contributed by atoms with Crippen molar-refractivity contribution in [2.24, 2.45) is 16.6 Å². The number of carboxylic acid groups (broad SMARTS) is 1. The van der Waals surface area contributed by atoms with Crippen LogP contribution in [0, 0.1) is 5.92 Å². The number of nitrogens with zero attached hydrogens (tertiary/aromatic N) is 1. The first-order chi connectivity index (χ1) is 10.6. The van der Waals surface area contributed by atoms with Gasteiger partial charge in [0.15, 0.2) is 0 Å². The normalized spacial score (nSPS) is 20.2. The van der Waals surface area contributed by atoms with Crippen molar-refractivity contribution < 1.29 is 9.90 Å². The smallest absolute Gasteiger partial charge is 0.306 e. The van der Waals surface area contributed by atoms with E-state index in [0.29, 0.717) is 6.04 Å². The second-order valence-electron chi connectivity index (χ2n) is 6.69. The maximum atomic E-state index is 11.1. The lowest BCUT2D eigenvalue weighted by Crippen LogP contribution is -2.14. The molecule has 0 amide bonds. The summed E-state index contributed by atoms with van der Waals surface area (Å²) >= 11 is 0. The minimum Gasteiger partial charge on any atom is -0.481 e. The van der Waals surface area contributed by atoms with E-state index in [1.807, 2.05) is 0 Å². The molecule has 0 bridgehead atoms. The largest absolute Gasteiger partial charge is 0.481 e. The van der Waals surface area contributed by atoms with Crippen molar-refractivity contribution in [2.45, 2.75) is 96.4 Å². The average molecular weight is 310 g/mol. The Morgan fingerprint density at radius 3 is 2.68 bits per heavy atom. The van der Waals surface area contributed by atoms with Crippen molar-refractivity contribution in [2.75, 3.05) is 0 Å². The number of aliphatic carboxylic acids is 1. The lowest BCUT2D eigenvalue weighted by atomic mass is 9.96. The van der Waals surface area contributed by atoms with E-state index < -0.39 is 5.97 Å². The zero-order valence-corrected chi connectivity index (χ0v) is 14.2. The van der Waals surface area contributed by atoms with Gasteiger partial charge in [0.25, 0.3) is 0 Å². The summed E-state index contributed by atoms with van der Waals surface area (Å²) in [5.74, 6) is 0.0945. The van der Waals surface area contributed by atoms with E-state index in [4.69, 9.17) is 10.8 Å². The highest BCUT2D eigenvalue weighted by atomic mass is 16.4. The van der Waals surface area contributed by atoms with E-state index in [0.717, 1.165) is 50.8 Å². The molecule has 1 aliphatic rings. The van der Waals surface area contributed by atoms with Gasteiger partial charge in [-0.1, -0.05) is 51.9 Å². The van der Waals surface area contributed by atoms with Crippen molar-refractivity contribution in [1.82, 2.24) is 0 Å². The molecule has 0 radical (unpaired) electrons. The number of carboxylic acids is 1. The Morgan fingerprint density at radius 1 is 1.23 bits per heavy atom. The fraction of sp³-hybridized carbons (Fsp3) is 0.889. The first-order valence-electron chi connectivity index (χ1n) is 9.18. The Kier molecular flexibility index (Phi) is 9.93. The van der Waals surface area contributed by atoms with E-state index >= 15 is 0 Å². The molecular weight excluding hydrogens is 276 g/mol. The van der Waals surface area contributed by atoms with Crippen LogP contribution in [-0.2, 0) is 4.79 Å². The van der Waals surface area contributed by atoms with Gasteiger partial charge in [-0.3, -0.25) is 9.79 Å². The summed E-state index contributed by atoms with van der Waals surface area (Å²) in [5.41, 5.74) is 5.87. The molecule has 0 fully saturated rings. The van der Waals surface area contributed by atoms with Gasteiger partial charge in [0.05, 0.1) is 17.8 Å².